The summed E-state index contributed by atoms with van der Waals surface area (Å²) in [5.41, 5.74) is 1.81. The van der Waals surface area contributed by atoms with Gasteiger partial charge in [-0.25, -0.2) is 19.6 Å². The molecule has 1 saturated heterocycles. The maximum atomic E-state index is 12.5. The number of carboxylic acid groups (broad SMARTS) is 1. The lowest BCUT2D eigenvalue weighted by Crippen LogP contribution is -2.54. The van der Waals surface area contributed by atoms with Crippen molar-refractivity contribution in [2.45, 2.75) is 44.7 Å². The molecule has 0 aliphatic carbocycles. The number of halogens is 1. The Balaban J connectivity index is 1.57. The SMILES string of the molecule is CCc1cc(N2CCCC(NC(=O)NC(Cc3cccc(Br)c3)C(=O)O)C2)ncn1. The third-order valence-electron chi connectivity index (χ3n) is 5.08. The third kappa shape index (κ3) is 6.16. The van der Waals surface area contributed by atoms with Gasteiger partial charge in [0.2, 0.25) is 0 Å². The Kier molecular flexibility index (Phi) is 7.62. The van der Waals surface area contributed by atoms with Crippen LogP contribution in [0.5, 0.6) is 0 Å². The highest BCUT2D eigenvalue weighted by Gasteiger charge is 2.25. The van der Waals surface area contributed by atoms with Crippen LogP contribution < -0.4 is 15.5 Å². The molecule has 2 unspecified atom stereocenters. The predicted molar refractivity (Wildman–Crippen MR) is 118 cm³/mol. The molecule has 160 valence electrons. The van der Waals surface area contributed by atoms with E-state index in [1.807, 2.05) is 37.3 Å². The maximum Gasteiger partial charge on any atom is 0.326 e. The van der Waals surface area contributed by atoms with E-state index in [2.05, 4.69) is 41.4 Å². The lowest BCUT2D eigenvalue weighted by atomic mass is 10.1. The molecule has 0 spiro atoms. The highest BCUT2D eigenvalue weighted by Crippen LogP contribution is 2.18. The molecular formula is C21H26BrN5O3. The Morgan fingerprint density at radius 1 is 1.33 bits per heavy atom. The topological polar surface area (TPSA) is 107 Å². The standard InChI is InChI=1S/C21H26BrN5O3/c1-2-16-11-19(24-13-23-16)27-8-4-7-17(12-27)25-21(30)26-18(20(28)29)10-14-5-3-6-15(22)9-14/h3,5-6,9,11,13,17-18H,2,4,7-8,10,12H2,1H3,(H,28,29)(H2,25,26,30). The molecule has 1 aliphatic rings. The second-order valence-electron chi connectivity index (χ2n) is 7.35. The molecule has 3 rings (SSSR count). The highest BCUT2D eigenvalue weighted by molar-refractivity contribution is 9.10. The fraction of sp³-hybridized carbons (Fsp3) is 0.429. The van der Waals surface area contributed by atoms with Gasteiger partial charge in [0.1, 0.15) is 18.2 Å². The second-order valence-corrected chi connectivity index (χ2v) is 8.26. The minimum Gasteiger partial charge on any atom is -0.480 e. The Labute approximate surface area is 184 Å². The molecular weight excluding hydrogens is 450 g/mol. The Morgan fingerprint density at radius 3 is 2.90 bits per heavy atom. The van der Waals surface area contributed by atoms with Crippen molar-refractivity contribution in [3.05, 3.63) is 52.4 Å². The Hall–Kier alpha value is -2.68. The van der Waals surface area contributed by atoms with Crippen LogP contribution in [0.1, 0.15) is 31.0 Å². The molecule has 2 amide bonds. The van der Waals surface area contributed by atoms with E-state index in [1.54, 1.807) is 6.33 Å². The molecule has 8 nitrogen and oxygen atoms in total. The molecule has 3 N–H and O–H groups in total. The number of urea groups is 1. The van der Waals surface area contributed by atoms with E-state index >= 15 is 0 Å². The largest absolute Gasteiger partial charge is 0.480 e. The number of carbonyl (C=O) groups is 2. The summed E-state index contributed by atoms with van der Waals surface area (Å²) >= 11 is 3.38. The number of hydrogen-bond donors (Lipinski definition) is 3. The average molecular weight is 476 g/mol. The van der Waals surface area contributed by atoms with Crippen molar-refractivity contribution in [1.82, 2.24) is 20.6 Å². The summed E-state index contributed by atoms with van der Waals surface area (Å²) in [6.45, 7) is 3.53. The van der Waals surface area contributed by atoms with Crippen LogP contribution in [-0.2, 0) is 17.6 Å². The molecule has 1 aromatic heterocycles. The zero-order valence-corrected chi connectivity index (χ0v) is 18.4. The maximum absolute atomic E-state index is 12.5. The molecule has 30 heavy (non-hydrogen) atoms. The van der Waals surface area contributed by atoms with Crippen LogP contribution >= 0.6 is 15.9 Å². The first kappa shape index (κ1) is 22.0. The van der Waals surface area contributed by atoms with Crippen LogP contribution in [0.4, 0.5) is 10.6 Å². The first-order valence-electron chi connectivity index (χ1n) is 10.0. The van der Waals surface area contributed by atoms with Gasteiger partial charge in [-0.3, -0.25) is 0 Å². The van der Waals surface area contributed by atoms with E-state index in [9.17, 15) is 14.7 Å². The molecule has 1 fully saturated rings. The van der Waals surface area contributed by atoms with Gasteiger partial charge < -0.3 is 20.6 Å². The minimum absolute atomic E-state index is 0.0842. The van der Waals surface area contributed by atoms with Crippen LogP contribution in [0.25, 0.3) is 0 Å². The van der Waals surface area contributed by atoms with Crippen molar-refractivity contribution in [3.8, 4) is 0 Å². The number of aromatic nitrogens is 2. The first-order chi connectivity index (χ1) is 14.4. The molecule has 2 heterocycles. The predicted octanol–water partition coefficient (Wildman–Crippen LogP) is 2.77. The summed E-state index contributed by atoms with van der Waals surface area (Å²) < 4.78 is 0.867. The van der Waals surface area contributed by atoms with Crippen LogP contribution in [0.3, 0.4) is 0 Å². The van der Waals surface area contributed by atoms with Gasteiger partial charge in [-0.1, -0.05) is 35.0 Å². The van der Waals surface area contributed by atoms with Crippen molar-refractivity contribution in [2.24, 2.45) is 0 Å². The zero-order chi connectivity index (χ0) is 21.5. The minimum atomic E-state index is -1.07. The van der Waals surface area contributed by atoms with Crippen LogP contribution in [-0.4, -0.2) is 52.2 Å². The number of nitrogens with zero attached hydrogens (tertiary/aromatic N) is 3. The summed E-state index contributed by atoms with van der Waals surface area (Å²) in [6.07, 6.45) is 4.36. The Morgan fingerprint density at radius 2 is 2.17 bits per heavy atom. The monoisotopic (exact) mass is 475 g/mol. The van der Waals surface area contributed by atoms with E-state index in [1.165, 1.54) is 0 Å². The Bertz CT molecular complexity index is 894. The molecule has 1 aromatic carbocycles. The molecule has 1 aliphatic heterocycles. The average Bonchev–Trinajstić information content (AvgIpc) is 2.73. The van der Waals surface area contributed by atoms with Crippen molar-refractivity contribution < 1.29 is 14.7 Å². The normalized spacial score (nSPS) is 17.3. The van der Waals surface area contributed by atoms with Crippen molar-refractivity contribution in [2.75, 3.05) is 18.0 Å². The van der Waals surface area contributed by atoms with Gasteiger partial charge in [-0.05, 0) is 37.0 Å². The van der Waals surface area contributed by atoms with Gasteiger partial charge in [0, 0.05) is 41.8 Å². The van der Waals surface area contributed by atoms with Gasteiger partial charge >= 0.3 is 12.0 Å². The van der Waals surface area contributed by atoms with Crippen LogP contribution in [0.15, 0.2) is 41.1 Å². The van der Waals surface area contributed by atoms with Gasteiger partial charge in [-0.15, -0.1) is 0 Å². The van der Waals surface area contributed by atoms with Crippen LogP contribution in [0.2, 0.25) is 0 Å². The first-order valence-corrected chi connectivity index (χ1v) is 10.8. The number of hydrogen-bond acceptors (Lipinski definition) is 5. The number of piperidine rings is 1. The molecule has 2 atom stereocenters. The van der Waals surface area contributed by atoms with Crippen molar-refractivity contribution in [1.29, 1.82) is 0 Å². The summed E-state index contributed by atoms with van der Waals surface area (Å²) in [6, 6.07) is 7.81. The lowest BCUT2D eigenvalue weighted by molar-refractivity contribution is -0.139. The number of nitrogens with one attached hydrogen (secondary N) is 2. The van der Waals surface area contributed by atoms with E-state index in [-0.39, 0.29) is 12.5 Å². The molecule has 9 heteroatoms. The summed E-state index contributed by atoms with van der Waals surface area (Å²) in [5.74, 6) is -0.213. The second kappa shape index (κ2) is 10.4. The number of aryl methyl sites for hydroxylation is 1. The van der Waals surface area contributed by atoms with Crippen molar-refractivity contribution in [3.63, 3.8) is 0 Å². The fourth-order valence-electron chi connectivity index (χ4n) is 3.54. The van der Waals surface area contributed by atoms with Gasteiger partial charge in [0.25, 0.3) is 0 Å². The quantitative estimate of drug-likeness (QED) is 0.568. The number of benzene rings is 1. The third-order valence-corrected chi connectivity index (χ3v) is 5.58. The fourth-order valence-corrected chi connectivity index (χ4v) is 3.99. The van der Waals surface area contributed by atoms with E-state index in [0.29, 0.717) is 6.54 Å². The van der Waals surface area contributed by atoms with Gasteiger partial charge in [-0.2, -0.15) is 0 Å². The molecule has 0 saturated carbocycles. The number of aliphatic carboxylic acids is 1. The molecule has 2 aromatic rings. The van der Waals surface area contributed by atoms with Gasteiger partial charge in [0.05, 0.1) is 0 Å². The van der Waals surface area contributed by atoms with E-state index in [0.717, 1.165) is 47.4 Å². The van der Waals surface area contributed by atoms with E-state index < -0.39 is 18.0 Å². The summed E-state index contributed by atoms with van der Waals surface area (Å²) in [7, 11) is 0. The van der Waals surface area contributed by atoms with Crippen molar-refractivity contribution >= 4 is 33.7 Å². The lowest BCUT2D eigenvalue weighted by Gasteiger charge is -2.34. The summed E-state index contributed by atoms with van der Waals surface area (Å²) in [4.78, 5) is 34.8. The number of carboxylic acids is 1. The smallest absolute Gasteiger partial charge is 0.326 e. The number of carbonyl (C=O) groups excluding carboxylic acids is 1. The number of amides is 2. The highest BCUT2D eigenvalue weighted by atomic mass is 79.9. The van der Waals surface area contributed by atoms with Gasteiger partial charge in [0.15, 0.2) is 0 Å². The van der Waals surface area contributed by atoms with Crippen LogP contribution in [0, 0.1) is 0 Å². The number of anilines is 1. The van der Waals surface area contributed by atoms with E-state index in [4.69, 9.17) is 0 Å². The molecule has 0 bridgehead atoms. The zero-order valence-electron chi connectivity index (χ0n) is 16.8. The molecule has 0 radical (unpaired) electrons. The number of rotatable bonds is 7. The summed E-state index contributed by atoms with van der Waals surface area (Å²) in [5, 5.41) is 15.0.